The zero-order chi connectivity index (χ0) is 30.0. The van der Waals surface area contributed by atoms with Crippen LogP contribution in [0, 0.1) is 0 Å². The zero-order valence-corrected chi connectivity index (χ0v) is 21.7. The Hall–Kier alpha value is -4.22. The zero-order valence-electron chi connectivity index (χ0n) is 21.7. The number of aromatic hydroxyl groups is 1. The molecule has 0 heterocycles. The van der Waals surface area contributed by atoms with Crippen LogP contribution in [0.4, 0.5) is 26.3 Å². The largest absolute Gasteiger partial charge is 0.506 e. The second kappa shape index (κ2) is 11.1. The molecule has 0 spiro atoms. The van der Waals surface area contributed by atoms with Gasteiger partial charge < -0.3 is 19.3 Å². The molecule has 0 radical (unpaired) electrons. The minimum atomic E-state index is -4.94. The third-order valence-electron chi connectivity index (χ3n) is 5.29. The van der Waals surface area contributed by atoms with Gasteiger partial charge in [-0.3, -0.25) is 4.79 Å². The Kier molecular flexibility index (Phi) is 8.42. The van der Waals surface area contributed by atoms with Crippen LogP contribution in [0.5, 0.6) is 17.2 Å². The molecule has 6 nitrogen and oxygen atoms in total. The van der Waals surface area contributed by atoms with E-state index in [9.17, 15) is 41.0 Å². The molecule has 0 fully saturated rings. The lowest BCUT2D eigenvalue weighted by atomic mass is 9.99. The summed E-state index contributed by atoms with van der Waals surface area (Å²) in [6.45, 7) is 5.09. The van der Waals surface area contributed by atoms with E-state index in [-0.39, 0.29) is 28.2 Å². The van der Waals surface area contributed by atoms with Crippen LogP contribution in [-0.2, 0) is 28.5 Å². The minimum Gasteiger partial charge on any atom is -0.506 e. The Bertz CT molecular complexity index is 1400. The van der Waals surface area contributed by atoms with E-state index in [1.165, 1.54) is 51.1 Å². The Balaban J connectivity index is 1.90. The number of benzene rings is 3. The highest BCUT2D eigenvalue weighted by Crippen LogP contribution is 2.41. The number of alkyl halides is 6. The van der Waals surface area contributed by atoms with Crippen LogP contribution in [0.3, 0.4) is 0 Å². The maximum Gasteiger partial charge on any atom is 0.419 e. The summed E-state index contributed by atoms with van der Waals surface area (Å²) in [5.41, 5.74) is -4.42. The number of hydrogen-bond acceptors (Lipinski definition) is 6. The van der Waals surface area contributed by atoms with E-state index in [0.29, 0.717) is 12.1 Å². The standard InChI is InChI=1S/C28H24F6O6/c1-15(35)39-19-10-11-20(22(13-19)28(32,33)34)16-5-8-18(9-6-16)38-14-17-7-12-21(27(29,30)31)24(36)23(17)25(37)40-26(2,3)4/h5-13,36H,14H2,1-4H3. The van der Waals surface area contributed by atoms with Crippen molar-refractivity contribution in [2.24, 2.45) is 0 Å². The van der Waals surface area contributed by atoms with Gasteiger partial charge in [0, 0.05) is 12.5 Å². The topological polar surface area (TPSA) is 82.1 Å². The summed E-state index contributed by atoms with van der Waals surface area (Å²) in [4.78, 5) is 23.8. The van der Waals surface area contributed by atoms with Gasteiger partial charge in [-0.05, 0) is 62.2 Å². The Labute approximate surface area is 225 Å². The van der Waals surface area contributed by atoms with Crippen LogP contribution < -0.4 is 9.47 Å². The molecule has 0 atom stereocenters. The lowest BCUT2D eigenvalue weighted by molar-refractivity contribution is -0.139. The maximum atomic E-state index is 13.7. The number of ether oxygens (including phenoxy) is 3. The fourth-order valence-electron chi connectivity index (χ4n) is 3.67. The van der Waals surface area contributed by atoms with Gasteiger partial charge in [-0.15, -0.1) is 0 Å². The summed E-state index contributed by atoms with van der Waals surface area (Å²) in [6, 6.07) is 9.94. The lowest BCUT2D eigenvalue weighted by Gasteiger charge is -2.22. The smallest absolute Gasteiger partial charge is 0.419 e. The van der Waals surface area contributed by atoms with Gasteiger partial charge in [-0.1, -0.05) is 24.3 Å². The molecule has 1 N–H and O–H groups in total. The van der Waals surface area contributed by atoms with E-state index in [1.54, 1.807) is 0 Å². The summed E-state index contributed by atoms with van der Waals surface area (Å²) < 4.78 is 96.5. The Morgan fingerprint density at radius 3 is 1.90 bits per heavy atom. The molecular weight excluding hydrogens is 546 g/mol. The van der Waals surface area contributed by atoms with Gasteiger partial charge in [0.25, 0.3) is 0 Å². The van der Waals surface area contributed by atoms with Crippen molar-refractivity contribution in [1.29, 1.82) is 0 Å². The number of phenols is 1. The molecule has 0 saturated heterocycles. The summed E-state index contributed by atoms with van der Waals surface area (Å²) >= 11 is 0. The van der Waals surface area contributed by atoms with E-state index in [1.807, 2.05) is 0 Å². The molecule has 0 unspecified atom stereocenters. The van der Waals surface area contributed by atoms with Crippen molar-refractivity contribution in [3.05, 3.63) is 76.9 Å². The van der Waals surface area contributed by atoms with E-state index >= 15 is 0 Å². The second-order valence-electron chi connectivity index (χ2n) is 9.61. The first-order chi connectivity index (χ1) is 18.4. The number of hydrogen-bond donors (Lipinski definition) is 1. The number of esters is 2. The normalized spacial score (nSPS) is 12.2. The monoisotopic (exact) mass is 570 g/mol. The van der Waals surface area contributed by atoms with Crippen LogP contribution in [0.25, 0.3) is 11.1 Å². The summed E-state index contributed by atoms with van der Waals surface area (Å²) in [7, 11) is 0. The first kappa shape index (κ1) is 30.3. The molecule has 0 aliphatic rings. The van der Waals surface area contributed by atoms with Crippen LogP contribution in [0.15, 0.2) is 54.6 Å². The van der Waals surface area contributed by atoms with Gasteiger partial charge in [-0.2, -0.15) is 26.3 Å². The highest BCUT2D eigenvalue weighted by Gasteiger charge is 2.38. The van der Waals surface area contributed by atoms with Gasteiger partial charge >= 0.3 is 24.3 Å². The fourth-order valence-corrected chi connectivity index (χ4v) is 3.67. The van der Waals surface area contributed by atoms with Crippen molar-refractivity contribution in [2.45, 2.75) is 52.3 Å². The molecule has 0 bridgehead atoms. The van der Waals surface area contributed by atoms with Gasteiger partial charge in [0.05, 0.1) is 11.1 Å². The number of carbonyl (C=O) groups excluding carboxylic acids is 2. The number of carbonyl (C=O) groups is 2. The van der Waals surface area contributed by atoms with Crippen molar-refractivity contribution in [3.63, 3.8) is 0 Å². The quantitative estimate of drug-likeness (QED) is 0.187. The Morgan fingerprint density at radius 1 is 0.800 bits per heavy atom. The second-order valence-corrected chi connectivity index (χ2v) is 9.61. The first-order valence-corrected chi connectivity index (χ1v) is 11.6. The molecule has 12 heteroatoms. The molecule has 3 aromatic carbocycles. The van der Waals surface area contributed by atoms with Crippen molar-refractivity contribution in [2.75, 3.05) is 0 Å². The van der Waals surface area contributed by atoms with E-state index in [0.717, 1.165) is 19.1 Å². The van der Waals surface area contributed by atoms with Crippen LogP contribution in [-0.4, -0.2) is 22.6 Å². The van der Waals surface area contributed by atoms with Crippen molar-refractivity contribution >= 4 is 11.9 Å². The molecular formula is C28H24F6O6. The molecule has 0 aromatic heterocycles. The molecule has 0 saturated carbocycles. The molecule has 0 amide bonds. The molecule has 0 aliphatic carbocycles. The molecule has 214 valence electrons. The highest BCUT2D eigenvalue weighted by atomic mass is 19.4. The average molecular weight is 570 g/mol. The van der Waals surface area contributed by atoms with E-state index < -0.39 is 58.9 Å². The van der Waals surface area contributed by atoms with Gasteiger partial charge in [0.2, 0.25) is 0 Å². The van der Waals surface area contributed by atoms with Crippen molar-refractivity contribution in [1.82, 2.24) is 0 Å². The minimum absolute atomic E-state index is 0.107. The lowest BCUT2D eigenvalue weighted by Crippen LogP contribution is -2.25. The predicted octanol–water partition coefficient (Wildman–Crippen LogP) is 7.56. The molecule has 3 aromatic rings. The third-order valence-corrected chi connectivity index (χ3v) is 5.29. The molecule has 0 aliphatic heterocycles. The first-order valence-electron chi connectivity index (χ1n) is 11.6. The average Bonchev–Trinajstić information content (AvgIpc) is 2.80. The van der Waals surface area contributed by atoms with Gasteiger partial charge in [-0.25, -0.2) is 4.79 Å². The fraction of sp³-hybridized carbons (Fsp3) is 0.286. The molecule has 3 rings (SSSR count). The van der Waals surface area contributed by atoms with Crippen molar-refractivity contribution in [3.8, 4) is 28.4 Å². The summed E-state index contributed by atoms with van der Waals surface area (Å²) in [5.74, 6) is -3.44. The third kappa shape index (κ3) is 7.45. The van der Waals surface area contributed by atoms with Crippen LogP contribution >= 0.6 is 0 Å². The number of phenolic OH excluding ortho intramolecular Hbond substituents is 1. The van der Waals surface area contributed by atoms with Gasteiger partial charge in [0.15, 0.2) is 0 Å². The predicted molar refractivity (Wildman–Crippen MR) is 131 cm³/mol. The SMILES string of the molecule is CC(=O)Oc1ccc(-c2ccc(OCc3ccc(C(F)(F)F)c(O)c3C(=O)OC(C)(C)C)cc2)c(C(F)(F)F)c1. The summed E-state index contributed by atoms with van der Waals surface area (Å²) in [6.07, 6.45) is -9.70. The maximum absolute atomic E-state index is 13.7. The number of rotatable bonds is 6. The van der Waals surface area contributed by atoms with Crippen LogP contribution in [0.2, 0.25) is 0 Å². The van der Waals surface area contributed by atoms with Gasteiger partial charge in [0.1, 0.15) is 35.0 Å². The Morgan fingerprint density at radius 2 is 1.38 bits per heavy atom. The van der Waals surface area contributed by atoms with Crippen molar-refractivity contribution < 1.29 is 55.2 Å². The van der Waals surface area contributed by atoms with Crippen LogP contribution in [0.1, 0.15) is 54.7 Å². The number of halogens is 6. The van der Waals surface area contributed by atoms with E-state index in [4.69, 9.17) is 14.2 Å². The summed E-state index contributed by atoms with van der Waals surface area (Å²) in [5, 5.41) is 10.3. The van der Waals surface area contributed by atoms with E-state index in [2.05, 4.69) is 0 Å². The highest BCUT2D eigenvalue weighted by molar-refractivity contribution is 5.95. The molecule has 40 heavy (non-hydrogen) atoms.